The van der Waals surface area contributed by atoms with Gasteiger partial charge in [0.25, 0.3) is 11.8 Å². The Bertz CT molecular complexity index is 829. The molecular weight excluding hydrogens is 326 g/mol. The maximum Gasteiger partial charge on any atom is 0.254 e. The van der Waals surface area contributed by atoms with Crippen molar-refractivity contribution >= 4 is 11.8 Å². The highest BCUT2D eigenvalue weighted by atomic mass is 16.2. The number of hydrogen-bond donors (Lipinski definition) is 1. The van der Waals surface area contributed by atoms with E-state index >= 15 is 0 Å². The maximum atomic E-state index is 13.0. The van der Waals surface area contributed by atoms with Crippen LogP contribution in [0.1, 0.15) is 44.7 Å². The fraction of sp³-hybridized carbons (Fsp3) is 0.381. The third-order valence-electron chi connectivity index (χ3n) is 5.45. The summed E-state index contributed by atoms with van der Waals surface area (Å²) in [5.41, 5.74) is 3.49. The third-order valence-corrected chi connectivity index (χ3v) is 5.45. The quantitative estimate of drug-likeness (QED) is 0.927. The summed E-state index contributed by atoms with van der Waals surface area (Å²) >= 11 is 0. The average molecular weight is 349 g/mol. The molecule has 134 valence electrons. The number of benzene rings is 1. The van der Waals surface area contributed by atoms with Gasteiger partial charge in [-0.05, 0) is 56.9 Å². The van der Waals surface area contributed by atoms with Gasteiger partial charge in [-0.25, -0.2) is 0 Å². The van der Waals surface area contributed by atoms with Crippen LogP contribution in [0.2, 0.25) is 0 Å². The van der Waals surface area contributed by atoms with Crippen LogP contribution in [0.4, 0.5) is 0 Å². The zero-order chi connectivity index (χ0) is 18.3. The molecule has 26 heavy (non-hydrogen) atoms. The number of pyridine rings is 1. The first-order valence-electron chi connectivity index (χ1n) is 9.11. The molecule has 2 fully saturated rings. The van der Waals surface area contributed by atoms with Crippen LogP contribution < -0.4 is 5.32 Å². The summed E-state index contributed by atoms with van der Waals surface area (Å²) < 4.78 is 0. The van der Waals surface area contributed by atoms with Gasteiger partial charge in [-0.3, -0.25) is 14.6 Å². The van der Waals surface area contributed by atoms with Crippen LogP contribution in [0.5, 0.6) is 0 Å². The average Bonchev–Trinajstić information content (AvgIpc) is 3.21. The Balaban J connectivity index is 1.50. The second-order valence-electron chi connectivity index (χ2n) is 7.56. The van der Waals surface area contributed by atoms with Crippen LogP contribution in [-0.4, -0.2) is 40.3 Å². The predicted molar refractivity (Wildman–Crippen MR) is 99.0 cm³/mol. The summed E-state index contributed by atoms with van der Waals surface area (Å²) in [6.07, 6.45) is 5.13. The molecule has 2 bridgehead atoms. The van der Waals surface area contributed by atoms with Crippen molar-refractivity contribution in [3.8, 4) is 0 Å². The van der Waals surface area contributed by atoms with E-state index in [1.165, 1.54) is 0 Å². The summed E-state index contributed by atoms with van der Waals surface area (Å²) in [5.74, 6) is 0.424. The second-order valence-corrected chi connectivity index (χ2v) is 7.56. The van der Waals surface area contributed by atoms with E-state index in [2.05, 4.69) is 16.4 Å². The van der Waals surface area contributed by atoms with Crippen molar-refractivity contribution in [3.05, 3.63) is 65.0 Å². The minimum atomic E-state index is -0.116. The zero-order valence-electron chi connectivity index (χ0n) is 15.1. The van der Waals surface area contributed by atoms with Crippen LogP contribution in [-0.2, 0) is 0 Å². The molecular formula is C21H23N3O2. The molecule has 2 aromatic rings. The molecule has 4 rings (SSSR count). The minimum Gasteiger partial charge on any atom is -0.347 e. The van der Waals surface area contributed by atoms with E-state index < -0.39 is 0 Å². The summed E-state index contributed by atoms with van der Waals surface area (Å²) in [7, 11) is 0. The number of piperidine rings is 1. The minimum absolute atomic E-state index is 0.0105. The van der Waals surface area contributed by atoms with Crippen LogP contribution in [0.3, 0.4) is 0 Å². The van der Waals surface area contributed by atoms with Crippen molar-refractivity contribution in [1.29, 1.82) is 0 Å². The Kier molecular flexibility index (Phi) is 4.23. The summed E-state index contributed by atoms with van der Waals surface area (Å²) in [6.45, 7) is 4.81. The highest BCUT2D eigenvalue weighted by Crippen LogP contribution is 2.38. The number of nitrogens with zero attached hydrogens (tertiary/aromatic N) is 2. The van der Waals surface area contributed by atoms with Crippen molar-refractivity contribution in [2.24, 2.45) is 5.92 Å². The van der Waals surface area contributed by atoms with Gasteiger partial charge in [-0.1, -0.05) is 17.2 Å². The Morgan fingerprint density at radius 2 is 1.88 bits per heavy atom. The van der Waals surface area contributed by atoms with Crippen molar-refractivity contribution in [1.82, 2.24) is 15.2 Å². The van der Waals surface area contributed by atoms with E-state index in [0.717, 1.165) is 36.1 Å². The van der Waals surface area contributed by atoms with Crippen molar-refractivity contribution in [2.75, 3.05) is 6.54 Å². The van der Waals surface area contributed by atoms with Gasteiger partial charge in [-0.2, -0.15) is 0 Å². The maximum absolute atomic E-state index is 13.0. The fourth-order valence-corrected chi connectivity index (χ4v) is 4.43. The number of aromatic nitrogens is 1. The number of carbonyl (C=O) groups is 2. The summed E-state index contributed by atoms with van der Waals surface area (Å²) in [4.78, 5) is 31.5. The van der Waals surface area contributed by atoms with Gasteiger partial charge in [0.05, 0.1) is 11.6 Å². The van der Waals surface area contributed by atoms with E-state index in [1.807, 2.05) is 30.9 Å². The molecule has 1 aromatic carbocycles. The van der Waals surface area contributed by atoms with Crippen molar-refractivity contribution in [3.63, 3.8) is 0 Å². The largest absolute Gasteiger partial charge is 0.347 e. The Hall–Kier alpha value is -2.69. The predicted octanol–water partition coefficient (Wildman–Crippen LogP) is 2.73. The number of carbonyl (C=O) groups excluding carboxylic acids is 2. The second kappa shape index (κ2) is 6.56. The Morgan fingerprint density at radius 1 is 1.12 bits per heavy atom. The Labute approximate surface area is 153 Å². The highest BCUT2D eigenvalue weighted by molar-refractivity contribution is 5.96. The van der Waals surface area contributed by atoms with Gasteiger partial charge < -0.3 is 10.2 Å². The first kappa shape index (κ1) is 16.8. The number of hydrogen-bond acceptors (Lipinski definition) is 3. The molecule has 2 amide bonds. The molecule has 5 heteroatoms. The Morgan fingerprint density at radius 3 is 2.54 bits per heavy atom. The normalized spacial score (nSPS) is 23.9. The number of nitrogens with one attached hydrogen (secondary N) is 1. The van der Waals surface area contributed by atoms with E-state index in [9.17, 15) is 9.59 Å². The van der Waals surface area contributed by atoms with E-state index in [4.69, 9.17) is 0 Å². The van der Waals surface area contributed by atoms with Gasteiger partial charge in [0.2, 0.25) is 0 Å². The van der Waals surface area contributed by atoms with Crippen LogP contribution in [0.25, 0.3) is 0 Å². The molecule has 3 unspecified atom stereocenters. The van der Waals surface area contributed by atoms with Gasteiger partial charge in [0, 0.05) is 30.5 Å². The van der Waals surface area contributed by atoms with Crippen LogP contribution in [0, 0.1) is 19.8 Å². The number of rotatable bonds is 3. The number of likely N-dealkylation sites (tertiary alicyclic amines) is 1. The zero-order valence-corrected chi connectivity index (χ0v) is 15.1. The van der Waals surface area contributed by atoms with E-state index in [0.29, 0.717) is 11.5 Å². The summed E-state index contributed by atoms with van der Waals surface area (Å²) in [6, 6.07) is 9.57. The topological polar surface area (TPSA) is 62.3 Å². The van der Waals surface area contributed by atoms with Gasteiger partial charge in [0.15, 0.2) is 0 Å². The highest BCUT2D eigenvalue weighted by Gasteiger charge is 2.47. The van der Waals surface area contributed by atoms with E-state index in [-0.39, 0.29) is 23.9 Å². The van der Waals surface area contributed by atoms with E-state index in [1.54, 1.807) is 24.5 Å². The lowest BCUT2D eigenvalue weighted by Crippen LogP contribution is -2.52. The lowest BCUT2D eigenvalue weighted by molar-refractivity contribution is 0.0648. The smallest absolute Gasteiger partial charge is 0.254 e. The molecule has 1 N–H and O–H groups in total. The van der Waals surface area contributed by atoms with Crippen LogP contribution in [0.15, 0.2) is 42.7 Å². The number of fused-ring (bicyclic) bond motifs is 2. The van der Waals surface area contributed by atoms with Gasteiger partial charge in [-0.15, -0.1) is 0 Å². The molecule has 5 nitrogen and oxygen atoms in total. The monoisotopic (exact) mass is 349 g/mol. The van der Waals surface area contributed by atoms with Crippen molar-refractivity contribution < 1.29 is 9.59 Å². The molecule has 1 aliphatic heterocycles. The standard InChI is InChI=1S/C21H23N3O2/c1-13-6-14(2)8-17(7-13)21(26)24-12-15-9-18(19(24)10-15)23-20(25)16-4-3-5-22-11-16/h3-8,11,15,18-19H,9-10,12H2,1-2H3,(H,23,25). The van der Waals surface area contributed by atoms with Gasteiger partial charge in [0.1, 0.15) is 0 Å². The lowest BCUT2D eigenvalue weighted by atomic mass is 10.0. The lowest BCUT2D eigenvalue weighted by Gasteiger charge is -2.34. The SMILES string of the molecule is Cc1cc(C)cc(C(=O)N2CC3CC(NC(=O)c4cccnc4)C2C3)c1. The molecule has 1 aromatic heterocycles. The number of amides is 2. The molecule has 3 atom stereocenters. The fourth-order valence-electron chi connectivity index (χ4n) is 4.43. The van der Waals surface area contributed by atoms with Crippen LogP contribution >= 0.6 is 0 Å². The molecule has 2 aliphatic rings. The number of aryl methyl sites for hydroxylation is 2. The molecule has 1 saturated heterocycles. The van der Waals surface area contributed by atoms with Crippen molar-refractivity contribution in [2.45, 2.75) is 38.8 Å². The first-order valence-corrected chi connectivity index (χ1v) is 9.11. The third kappa shape index (κ3) is 3.09. The summed E-state index contributed by atoms with van der Waals surface area (Å²) in [5, 5.41) is 3.11. The molecule has 2 heterocycles. The van der Waals surface area contributed by atoms with Gasteiger partial charge >= 0.3 is 0 Å². The first-order chi connectivity index (χ1) is 12.5. The molecule has 1 aliphatic carbocycles. The molecule has 0 spiro atoms. The molecule has 1 saturated carbocycles. The molecule has 0 radical (unpaired) electrons.